The molecule has 16 heteroatoms. The van der Waals surface area contributed by atoms with Gasteiger partial charge in [0.15, 0.2) is 5.75 Å². The molecule has 1 aromatic heterocycles. The van der Waals surface area contributed by atoms with Crippen molar-refractivity contribution >= 4 is 58.7 Å². The fourth-order valence-electron chi connectivity index (χ4n) is 7.83. The minimum Gasteiger partial charge on any atom is -0.485 e. The van der Waals surface area contributed by atoms with Crippen LogP contribution in [0.25, 0.3) is 0 Å². The number of hydrogen-bond donors (Lipinski definition) is 0. The van der Waals surface area contributed by atoms with E-state index in [-0.39, 0.29) is 43.6 Å². The normalized spacial score (nSPS) is 19.5. The predicted molar refractivity (Wildman–Crippen MR) is 233 cm³/mol. The molecule has 3 atom stereocenters. The molecule has 1 saturated carbocycles. The first kappa shape index (κ1) is 46.4. The van der Waals surface area contributed by atoms with Crippen LogP contribution < -0.4 is 9.64 Å². The van der Waals surface area contributed by atoms with E-state index in [0.29, 0.717) is 51.5 Å². The van der Waals surface area contributed by atoms with Gasteiger partial charge < -0.3 is 28.9 Å². The van der Waals surface area contributed by atoms with Gasteiger partial charge in [0, 0.05) is 62.3 Å². The number of carbonyl (C=O) groups excluding carboxylic acids is 3. The van der Waals surface area contributed by atoms with E-state index in [4.69, 9.17) is 54.0 Å². The zero-order valence-corrected chi connectivity index (χ0v) is 38.1. The van der Waals surface area contributed by atoms with Crippen LogP contribution in [-0.2, 0) is 27.4 Å². The number of piperidine rings is 1. The van der Waals surface area contributed by atoms with Crippen LogP contribution in [0.4, 0.5) is 24.2 Å². The number of halogens is 5. The lowest BCUT2D eigenvalue weighted by atomic mass is 9.80. The van der Waals surface area contributed by atoms with E-state index in [9.17, 15) is 23.2 Å². The predicted octanol–water partition coefficient (Wildman–Crippen LogP) is 10.5. The maximum Gasteiger partial charge on any atom is 0.410 e. The molecule has 3 fully saturated rings. The molecule has 11 nitrogen and oxygen atoms in total. The van der Waals surface area contributed by atoms with Crippen LogP contribution >= 0.6 is 34.8 Å². The van der Waals surface area contributed by atoms with Gasteiger partial charge in [0.1, 0.15) is 23.1 Å². The summed E-state index contributed by atoms with van der Waals surface area (Å²) in [5.41, 5.74) is 1.41. The van der Waals surface area contributed by atoms with E-state index >= 15 is 0 Å². The van der Waals surface area contributed by atoms with Gasteiger partial charge in [-0.3, -0.25) is 9.69 Å². The molecule has 3 amide bonds. The Bertz CT molecular complexity index is 2040. The Morgan fingerprint density at radius 1 is 0.852 bits per heavy atom. The maximum absolute atomic E-state index is 15.0. The number of benzene rings is 2. The van der Waals surface area contributed by atoms with Gasteiger partial charge in [0.25, 0.3) is 6.43 Å². The standard InChI is InChI=1S/C45H56Cl3F2N5O6/c1-27-18-36(47)40(37(48)19-27)59-32-14-16-52(24-32)39-13-9-29(21-51-39)33-15-17-53(42(57)60-44(2,3)4)25-34(33)41(56)55(31-10-11-31)23-30-20-28(8-12-35(30)46)22-54(26-38(49)50)43(58)61-45(5,6)7/h8-9,12-13,18-21,31-34,38H,10-11,14-17,22-26H2,1-7H3/t32-,33+,34-/m1/s1. The summed E-state index contributed by atoms with van der Waals surface area (Å²) in [5.74, 6) is 0.236. The van der Waals surface area contributed by atoms with E-state index in [1.807, 2.05) is 63.1 Å². The molecule has 332 valence electrons. The molecule has 0 N–H and O–H groups in total. The number of pyridine rings is 1. The molecule has 0 spiro atoms. The highest BCUT2D eigenvalue weighted by Crippen LogP contribution is 2.40. The first-order chi connectivity index (χ1) is 28.6. The number of ether oxygens (including phenoxy) is 3. The zero-order chi connectivity index (χ0) is 44.4. The van der Waals surface area contributed by atoms with Crippen molar-refractivity contribution in [3.05, 3.63) is 86.0 Å². The van der Waals surface area contributed by atoms with Crippen molar-refractivity contribution in [3.63, 3.8) is 0 Å². The van der Waals surface area contributed by atoms with E-state index in [1.165, 1.54) is 0 Å². The summed E-state index contributed by atoms with van der Waals surface area (Å²) in [7, 11) is 0. The van der Waals surface area contributed by atoms with Crippen LogP contribution in [0.15, 0.2) is 48.7 Å². The number of aryl methyl sites for hydroxylation is 1. The molecule has 3 aromatic rings. The SMILES string of the molecule is Cc1cc(Cl)c(O[C@@H]2CCN(c3ccc([C@@H]4CCN(C(=O)OC(C)(C)C)C[C@H]4C(=O)N(Cc4cc(CN(CC(F)F)C(=O)OC(C)(C)C)ccc4Cl)C4CC4)cn3)C2)c(Cl)c1. The van der Waals surface area contributed by atoms with Crippen molar-refractivity contribution in [3.8, 4) is 5.75 Å². The second-order valence-corrected chi connectivity index (χ2v) is 19.5. The van der Waals surface area contributed by atoms with E-state index in [1.54, 1.807) is 43.9 Å². The van der Waals surface area contributed by atoms with Crippen molar-refractivity contribution in [1.29, 1.82) is 0 Å². The van der Waals surface area contributed by atoms with Crippen molar-refractivity contribution in [2.45, 2.75) is 123 Å². The van der Waals surface area contributed by atoms with E-state index in [0.717, 1.165) is 47.7 Å². The smallest absolute Gasteiger partial charge is 0.410 e. The lowest BCUT2D eigenvalue weighted by Crippen LogP contribution is -2.51. The summed E-state index contributed by atoms with van der Waals surface area (Å²) in [5, 5.41) is 1.34. The zero-order valence-electron chi connectivity index (χ0n) is 35.9. The minimum absolute atomic E-state index is 0.0441. The van der Waals surface area contributed by atoms with Crippen LogP contribution in [0, 0.1) is 12.8 Å². The average molecular weight is 907 g/mol. The third-order valence-electron chi connectivity index (χ3n) is 10.8. The number of amides is 3. The number of likely N-dealkylation sites (tertiary alicyclic amines) is 1. The van der Waals surface area contributed by atoms with Gasteiger partial charge in [-0.05, 0) is 114 Å². The topological polar surface area (TPSA) is 105 Å². The Labute approximate surface area is 372 Å². The monoisotopic (exact) mass is 905 g/mol. The van der Waals surface area contributed by atoms with Crippen molar-refractivity contribution in [2.24, 2.45) is 5.92 Å². The minimum atomic E-state index is -2.77. The molecule has 2 aliphatic heterocycles. The molecule has 0 unspecified atom stereocenters. The third-order valence-corrected chi connectivity index (χ3v) is 11.7. The van der Waals surface area contributed by atoms with Crippen LogP contribution in [0.2, 0.25) is 15.1 Å². The summed E-state index contributed by atoms with van der Waals surface area (Å²) in [4.78, 5) is 52.7. The summed E-state index contributed by atoms with van der Waals surface area (Å²) in [6, 6.07) is 12.7. The number of anilines is 1. The third kappa shape index (κ3) is 12.5. The first-order valence-electron chi connectivity index (χ1n) is 20.8. The van der Waals surface area contributed by atoms with Gasteiger partial charge in [0.2, 0.25) is 5.91 Å². The summed E-state index contributed by atoms with van der Waals surface area (Å²) in [6.45, 7) is 13.4. The maximum atomic E-state index is 15.0. The van der Waals surface area contributed by atoms with Crippen LogP contribution in [-0.4, -0.2) is 100 Å². The fraction of sp³-hybridized carbons (Fsp3) is 0.556. The van der Waals surface area contributed by atoms with Crippen molar-refractivity contribution in [1.82, 2.24) is 19.7 Å². The highest BCUT2D eigenvalue weighted by atomic mass is 35.5. The molecule has 61 heavy (non-hydrogen) atoms. The Hall–Kier alpha value is -4.07. The van der Waals surface area contributed by atoms with Gasteiger partial charge >= 0.3 is 12.2 Å². The second-order valence-electron chi connectivity index (χ2n) is 18.3. The highest BCUT2D eigenvalue weighted by Gasteiger charge is 2.44. The molecule has 0 radical (unpaired) electrons. The van der Waals surface area contributed by atoms with Crippen LogP contribution in [0.5, 0.6) is 5.75 Å². The van der Waals surface area contributed by atoms with E-state index < -0.39 is 42.3 Å². The molecular formula is C45H56Cl3F2N5O6. The van der Waals surface area contributed by atoms with Gasteiger partial charge in [0.05, 0.1) is 29.1 Å². The summed E-state index contributed by atoms with van der Waals surface area (Å²) in [6.07, 6.45) is 0.445. The molecular weight excluding hydrogens is 851 g/mol. The number of nitrogens with zero attached hydrogens (tertiary/aromatic N) is 5. The Morgan fingerprint density at radius 2 is 1.54 bits per heavy atom. The first-order valence-corrected chi connectivity index (χ1v) is 21.9. The number of carbonyl (C=O) groups is 3. The van der Waals surface area contributed by atoms with Gasteiger partial charge in [-0.1, -0.05) is 53.0 Å². The van der Waals surface area contributed by atoms with E-state index in [2.05, 4.69) is 4.90 Å². The lowest BCUT2D eigenvalue weighted by Gasteiger charge is -2.40. The fourth-order valence-corrected chi connectivity index (χ4v) is 8.69. The van der Waals surface area contributed by atoms with Gasteiger partial charge in [-0.15, -0.1) is 0 Å². The molecule has 2 saturated heterocycles. The molecule has 0 bridgehead atoms. The van der Waals surface area contributed by atoms with Crippen LogP contribution in [0.1, 0.15) is 95.4 Å². The summed E-state index contributed by atoms with van der Waals surface area (Å²) < 4.78 is 44.6. The Morgan fingerprint density at radius 3 is 2.15 bits per heavy atom. The number of aromatic nitrogens is 1. The molecule has 2 aromatic carbocycles. The molecule has 3 aliphatic rings. The molecule has 3 heterocycles. The number of hydrogen-bond acceptors (Lipinski definition) is 8. The number of rotatable bonds is 12. The van der Waals surface area contributed by atoms with Crippen LogP contribution in [0.3, 0.4) is 0 Å². The largest absolute Gasteiger partial charge is 0.485 e. The molecule has 1 aliphatic carbocycles. The quantitative estimate of drug-likeness (QED) is 0.177. The van der Waals surface area contributed by atoms with Gasteiger partial charge in [-0.2, -0.15) is 0 Å². The second kappa shape index (κ2) is 19.1. The Balaban J connectivity index is 1.21. The average Bonchev–Trinajstić information content (AvgIpc) is 3.90. The summed E-state index contributed by atoms with van der Waals surface area (Å²) >= 11 is 19.7. The highest BCUT2D eigenvalue weighted by molar-refractivity contribution is 6.37. The Kier molecular flexibility index (Phi) is 14.6. The van der Waals surface area contributed by atoms with Crippen molar-refractivity contribution < 1.29 is 37.4 Å². The van der Waals surface area contributed by atoms with Gasteiger partial charge in [-0.25, -0.2) is 23.4 Å². The number of alkyl halides is 2. The van der Waals surface area contributed by atoms with Crippen molar-refractivity contribution in [2.75, 3.05) is 37.6 Å². The molecule has 6 rings (SSSR count). The lowest BCUT2D eigenvalue weighted by molar-refractivity contribution is -0.139.